The summed E-state index contributed by atoms with van der Waals surface area (Å²) in [6.07, 6.45) is 2.65. The summed E-state index contributed by atoms with van der Waals surface area (Å²) in [5.74, 6) is 1.71. The quantitative estimate of drug-likeness (QED) is 0.877. The molecule has 1 fully saturated rings. The third-order valence-corrected chi connectivity index (χ3v) is 3.62. The lowest BCUT2D eigenvalue weighted by molar-refractivity contribution is 0.482. The number of hydrogen-bond acceptors (Lipinski definition) is 2. The average Bonchev–Trinajstić information content (AvgIpc) is 3.22. The van der Waals surface area contributed by atoms with Gasteiger partial charge in [-0.25, -0.2) is 0 Å². The Morgan fingerprint density at radius 1 is 1.05 bits per heavy atom. The second-order valence-electron chi connectivity index (χ2n) is 4.86. The van der Waals surface area contributed by atoms with Gasteiger partial charge in [-0.3, -0.25) is 0 Å². The normalized spacial score (nSPS) is 14.4. The third-order valence-electron chi connectivity index (χ3n) is 3.13. The molecule has 1 aliphatic rings. The Labute approximate surface area is 121 Å². The molecule has 0 radical (unpaired) electrons. The molecule has 1 N–H and O–H groups in total. The molecule has 1 aliphatic carbocycles. The number of ether oxygens (including phenoxy) is 1. The predicted molar refractivity (Wildman–Crippen MR) is 80.5 cm³/mol. The van der Waals surface area contributed by atoms with Crippen LogP contribution in [0.5, 0.6) is 11.5 Å². The smallest absolute Gasteiger partial charge is 0.128 e. The van der Waals surface area contributed by atoms with Crippen molar-refractivity contribution in [2.75, 3.05) is 0 Å². The van der Waals surface area contributed by atoms with Crippen molar-refractivity contribution in [3.63, 3.8) is 0 Å². The van der Waals surface area contributed by atoms with Crippen LogP contribution in [0.25, 0.3) is 0 Å². The summed E-state index contributed by atoms with van der Waals surface area (Å²) in [6, 6.07) is 16.9. The Kier molecular flexibility index (Phi) is 3.85. The Hall–Kier alpha value is -1.32. The van der Waals surface area contributed by atoms with Gasteiger partial charge in [0.1, 0.15) is 11.5 Å². The summed E-state index contributed by atoms with van der Waals surface area (Å²) >= 11 is 3.44. The molecule has 0 bridgehead atoms. The van der Waals surface area contributed by atoms with Crippen molar-refractivity contribution in [3.05, 3.63) is 58.6 Å². The first-order valence-corrected chi connectivity index (χ1v) is 7.35. The van der Waals surface area contributed by atoms with Crippen LogP contribution in [0.1, 0.15) is 18.4 Å². The Morgan fingerprint density at radius 3 is 2.53 bits per heavy atom. The molecule has 0 unspecified atom stereocenters. The van der Waals surface area contributed by atoms with Gasteiger partial charge in [0, 0.05) is 17.1 Å². The van der Waals surface area contributed by atoms with E-state index < -0.39 is 0 Å². The van der Waals surface area contributed by atoms with E-state index in [1.54, 1.807) is 0 Å². The van der Waals surface area contributed by atoms with Gasteiger partial charge in [0.15, 0.2) is 0 Å². The highest BCUT2D eigenvalue weighted by molar-refractivity contribution is 9.10. The van der Waals surface area contributed by atoms with E-state index in [0.29, 0.717) is 0 Å². The van der Waals surface area contributed by atoms with Gasteiger partial charge < -0.3 is 10.1 Å². The van der Waals surface area contributed by atoms with E-state index in [4.69, 9.17) is 4.74 Å². The van der Waals surface area contributed by atoms with Crippen LogP contribution >= 0.6 is 15.9 Å². The minimum Gasteiger partial charge on any atom is -0.457 e. The van der Waals surface area contributed by atoms with Crippen LogP contribution in [0.3, 0.4) is 0 Å². The summed E-state index contributed by atoms with van der Waals surface area (Å²) in [4.78, 5) is 0. The van der Waals surface area contributed by atoms with Crippen LogP contribution in [-0.2, 0) is 6.54 Å². The zero-order chi connectivity index (χ0) is 13.1. The molecule has 2 aromatic rings. The van der Waals surface area contributed by atoms with Crippen molar-refractivity contribution in [1.82, 2.24) is 5.32 Å². The number of rotatable bonds is 5. The van der Waals surface area contributed by atoms with Crippen LogP contribution in [0, 0.1) is 0 Å². The lowest BCUT2D eigenvalue weighted by Crippen LogP contribution is -2.14. The molecule has 0 saturated heterocycles. The Bertz CT molecular complexity index is 549. The molecule has 0 spiro atoms. The molecule has 98 valence electrons. The monoisotopic (exact) mass is 317 g/mol. The summed E-state index contributed by atoms with van der Waals surface area (Å²) in [5, 5.41) is 3.50. The van der Waals surface area contributed by atoms with Crippen LogP contribution in [0.4, 0.5) is 0 Å². The highest BCUT2D eigenvalue weighted by Crippen LogP contribution is 2.25. The van der Waals surface area contributed by atoms with Crippen molar-refractivity contribution in [3.8, 4) is 11.5 Å². The SMILES string of the molecule is Brc1cccc(Oc2ccc(CNC3CC3)cc2)c1. The molecule has 0 aliphatic heterocycles. The van der Waals surface area contributed by atoms with E-state index in [1.165, 1.54) is 18.4 Å². The first kappa shape index (κ1) is 12.7. The minimum atomic E-state index is 0.748. The van der Waals surface area contributed by atoms with E-state index in [-0.39, 0.29) is 0 Å². The maximum absolute atomic E-state index is 5.80. The number of benzene rings is 2. The average molecular weight is 318 g/mol. The predicted octanol–water partition coefficient (Wildman–Crippen LogP) is 4.49. The van der Waals surface area contributed by atoms with Gasteiger partial charge in [-0.15, -0.1) is 0 Å². The molecule has 0 atom stereocenters. The number of nitrogens with one attached hydrogen (secondary N) is 1. The first-order chi connectivity index (χ1) is 9.29. The molecule has 1 saturated carbocycles. The first-order valence-electron chi connectivity index (χ1n) is 6.55. The zero-order valence-corrected chi connectivity index (χ0v) is 12.2. The van der Waals surface area contributed by atoms with Gasteiger partial charge in [0.2, 0.25) is 0 Å². The summed E-state index contributed by atoms with van der Waals surface area (Å²) in [5.41, 5.74) is 1.30. The molecule has 0 amide bonds. The molecular weight excluding hydrogens is 302 g/mol. The second-order valence-corrected chi connectivity index (χ2v) is 5.77. The van der Waals surface area contributed by atoms with Gasteiger partial charge in [0.25, 0.3) is 0 Å². The fourth-order valence-electron chi connectivity index (χ4n) is 1.89. The largest absolute Gasteiger partial charge is 0.457 e. The van der Waals surface area contributed by atoms with Gasteiger partial charge >= 0.3 is 0 Å². The van der Waals surface area contributed by atoms with Crippen molar-refractivity contribution in [2.45, 2.75) is 25.4 Å². The summed E-state index contributed by atoms with van der Waals surface area (Å²) < 4.78 is 6.83. The lowest BCUT2D eigenvalue weighted by Gasteiger charge is -2.07. The molecule has 19 heavy (non-hydrogen) atoms. The number of halogens is 1. The topological polar surface area (TPSA) is 21.3 Å². The highest BCUT2D eigenvalue weighted by Gasteiger charge is 2.19. The summed E-state index contributed by atoms with van der Waals surface area (Å²) in [7, 11) is 0. The molecule has 2 aromatic carbocycles. The van der Waals surface area contributed by atoms with Crippen molar-refractivity contribution < 1.29 is 4.74 Å². The van der Waals surface area contributed by atoms with Gasteiger partial charge in [0.05, 0.1) is 0 Å². The molecule has 3 rings (SSSR count). The molecule has 0 aromatic heterocycles. The fourth-order valence-corrected chi connectivity index (χ4v) is 2.27. The lowest BCUT2D eigenvalue weighted by atomic mass is 10.2. The van der Waals surface area contributed by atoms with Crippen LogP contribution in [-0.4, -0.2) is 6.04 Å². The Balaban J connectivity index is 1.61. The van der Waals surface area contributed by atoms with Crippen molar-refractivity contribution in [1.29, 1.82) is 0 Å². The summed E-state index contributed by atoms with van der Waals surface area (Å²) in [6.45, 7) is 0.946. The number of hydrogen-bond donors (Lipinski definition) is 1. The van der Waals surface area contributed by atoms with Crippen LogP contribution in [0.2, 0.25) is 0 Å². The standard InChI is InChI=1S/C16H16BrNO/c17-13-2-1-3-16(10-13)19-15-8-4-12(5-9-15)11-18-14-6-7-14/h1-5,8-10,14,18H,6-7,11H2. The third kappa shape index (κ3) is 3.82. The minimum absolute atomic E-state index is 0.748. The van der Waals surface area contributed by atoms with Gasteiger partial charge in [-0.2, -0.15) is 0 Å². The highest BCUT2D eigenvalue weighted by atomic mass is 79.9. The molecule has 2 nitrogen and oxygen atoms in total. The van der Waals surface area contributed by atoms with Crippen molar-refractivity contribution >= 4 is 15.9 Å². The van der Waals surface area contributed by atoms with E-state index >= 15 is 0 Å². The zero-order valence-electron chi connectivity index (χ0n) is 10.6. The van der Waals surface area contributed by atoms with Crippen molar-refractivity contribution in [2.24, 2.45) is 0 Å². The van der Waals surface area contributed by atoms with E-state index in [1.807, 2.05) is 36.4 Å². The maximum Gasteiger partial charge on any atom is 0.128 e. The maximum atomic E-state index is 5.80. The second kappa shape index (κ2) is 5.76. The Morgan fingerprint density at radius 2 is 1.84 bits per heavy atom. The fraction of sp³-hybridized carbons (Fsp3) is 0.250. The van der Waals surface area contributed by atoms with E-state index in [0.717, 1.165) is 28.6 Å². The van der Waals surface area contributed by atoms with E-state index in [9.17, 15) is 0 Å². The van der Waals surface area contributed by atoms with Crippen LogP contribution in [0.15, 0.2) is 53.0 Å². The molecule has 3 heteroatoms. The van der Waals surface area contributed by atoms with Gasteiger partial charge in [-0.05, 0) is 48.7 Å². The molecular formula is C16H16BrNO. The molecule has 0 heterocycles. The van der Waals surface area contributed by atoms with Gasteiger partial charge in [-0.1, -0.05) is 34.1 Å². The van der Waals surface area contributed by atoms with E-state index in [2.05, 4.69) is 33.4 Å². The van der Waals surface area contributed by atoms with Crippen LogP contribution < -0.4 is 10.1 Å².